The van der Waals surface area contributed by atoms with Gasteiger partial charge >= 0.3 is 11.8 Å². The minimum absolute atomic E-state index is 0.190. The Hall–Kier alpha value is -3.88. The maximum Gasteiger partial charge on any atom is 0.329 e. The molecule has 0 aromatic heterocycles. The van der Waals surface area contributed by atoms with Gasteiger partial charge in [0.1, 0.15) is 0 Å². The van der Waals surface area contributed by atoms with Crippen molar-refractivity contribution in [3.8, 4) is 11.5 Å². The summed E-state index contributed by atoms with van der Waals surface area (Å²) in [7, 11) is 1.35. The highest BCUT2D eigenvalue weighted by molar-refractivity contribution is 6.35. The molecule has 0 saturated heterocycles. The topological polar surface area (TPSA) is 118 Å². The van der Waals surface area contributed by atoms with E-state index in [1.54, 1.807) is 18.2 Å². The van der Waals surface area contributed by atoms with Crippen LogP contribution in [0, 0.1) is 6.92 Å². The molecule has 2 aromatic rings. The molecule has 0 fully saturated rings. The summed E-state index contributed by atoms with van der Waals surface area (Å²) >= 11 is 0. The van der Waals surface area contributed by atoms with Gasteiger partial charge in [-0.05, 0) is 49.2 Å². The van der Waals surface area contributed by atoms with Gasteiger partial charge in [0.15, 0.2) is 18.1 Å². The number of nitrogens with zero attached hydrogens (tertiary/aromatic N) is 1. The Kier molecular flexibility index (Phi) is 8.37. The van der Waals surface area contributed by atoms with Crippen LogP contribution in [0.4, 0.5) is 5.69 Å². The first kappa shape index (κ1) is 22.4. The zero-order valence-electron chi connectivity index (χ0n) is 17.0. The minimum Gasteiger partial charge on any atom is -0.490 e. The number of anilines is 1. The molecule has 9 nitrogen and oxygen atoms in total. The van der Waals surface area contributed by atoms with Crippen LogP contribution >= 0.6 is 0 Å². The molecule has 0 spiro atoms. The summed E-state index contributed by atoms with van der Waals surface area (Å²) in [4.78, 5) is 34.7. The molecule has 9 heteroatoms. The number of hydrazone groups is 1. The number of nitrogens with one attached hydrogen (secondary N) is 3. The van der Waals surface area contributed by atoms with E-state index in [0.717, 1.165) is 11.3 Å². The van der Waals surface area contributed by atoms with Crippen LogP contribution in [0.15, 0.2) is 47.6 Å². The first-order valence-electron chi connectivity index (χ1n) is 9.24. The Morgan fingerprint density at radius 2 is 1.80 bits per heavy atom. The molecule has 0 aliphatic rings. The number of ether oxygens (including phenoxy) is 2. The minimum atomic E-state index is -0.876. The van der Waals surface area contributed by atoms with Crippen LogP contribution in [0.2, 0.25) is 0 Å². The van der Waals surface area contributed by atoms with Gasteiger partial charge in [-0.3, -0.25) is 14.4 Å². The van der Waals surface area contributed by atoms with Gasteiger partial charge in [-0.2, -0.15) is 5.10 Å². The van der Waals surface area contributed by atoms with Crippen LogP contribution in [0.5, 0.6) is 11.5 Å². The Balaban J connectivity index is 2.00. The molecule has 3 N–H and O–H groups in total. The number of likely N-dealkylation sites (N-methyl/N-ethyl adjacent to an activating group) is 1. The molecule has 2 rings (SSSR count). The number of rotatable bonds is 8. The smallest absolute Gasteiger partial charge is 0.329 e. The third-order valence-electron chi connectivity index (χ3n) is 3.86. The highest BCUT2D eigenvalue weighted by Gasteiger charge is 2.11. The van der Waals surface area contributed by atoms with E-state index < -0.39 is 11.8 Å². The van der Waals surface area contributed by atoms with Gasteiger partial charge in [-0.15, -0.1) is 0 Å². The largest absolute Gasteiger partial charge is 0.490 e. The second-order valence-electron chi connectivity index (χ2n) is 6.07. The van der Waals surface area contributed by atoms with Crippen molar-refractivity contribution in [1.29, 1.82) is 0 Å². The second kappa shape index (κ2) is 11.2. The van der Waals surface area contributed by atoms with Crippen LogP contribution < -0.4 is 25.5 Å². The molecule has 2 aromatic carbocycles. The summed E-state index contributed by atoms with van der Waals surface area (Å²) in [5.74, 6) is -1.16. The third-order valence-corrected chi connectivity index (χ3v) is 3.86. The first-order chi connectivity index (χ1) is 14.4. The summed E-state index contributed by atoms with van der Waals surface area (Å²) < 4.78 is 11.2. The molecule has 0 saturated carbocycles. The Morgan fingerprint density at radius 3 is 2.50 bits per heavy atom. The molecule has 0 heterocycles. The van der Waals surface area contributed by atoms with Crippen molar-refractivity contribution in [3.63, 3.8) is 0 Å². The zero-order valence-corrected chi connectivity index (χ0v) is 17.0. The Labute approximate surface area is 174 Å². The number of benzene rings is 2. The van der Waals surface area contributed by atoms with E-state index in [2.05, 4.69) is 21.2 Å². The normalized spacial score (nSPS) is 10.4. The predicted molar refractivity (Wildman–Crippen MR) is 113 cm³/mol. The molecule has 0 aliphatic carbocycles. The number of amides is 3. The highest BCUT2D eigenvalue weighted by Crippen LogP contribution is 2.28. The van der Waals surface area contributed by atoms with Crippen molar-refractivity contribution in [2.24, 2.45) is 5.10 Å². The monoisotopic (exact) mass is 412 g/mol. The SMILES string of the molecule is CCOc1cc(/C=N\NC(=O)C(=O)NC)ccc1OCC(=O)Nc1ccccc1C. The molecular formula is C21H24N4O5. The van der Waals surface area contributed by atoms with Gasteiger partial charge in [-0.25, -0.2) is 5.43 Å². The van der Waals surface area contributed by atoms with Crippen molar-refractivity contribution in [2.45, 2.75) is 13.8 Å². The standard InChI is InChI=1S/C21H24N4O5/c1-4-29-18-11-15(12-23-25-21(28)20(27)22-3)9-10-17(18)30-13-19(26)24-16-8-6-5-7-14(16)2/h5-12H,4,13H2,1-3H3,(H,22,27)(H,24,26)(H,25,28)/b23-12-. The van der Waals surface area contributed by atoms with E-state index in [1.807, 2.05) is 38.1 Å². The molecule has 0 aliphatic heterocycles. The fraction of sp³-hybridized carbons (Fsp3) is 0.238. The van der Waals surface area contributed by atoms with Gasteiger partial charge in [-0.1, -0.05) is 18.2 Å². The van der Waals surface area contributed by atoms with E-state index in [1.165, 1.54) is 13.3 Å². The van der Waals surface area contributed by atoms with Gasteiger partial charge in [0.2, 0.25) is 0 Å². The molecular weight excluding hydrogens is 388 g/mol. The van der Waals surface area contributed by atoms with Crippen molar-refractivity contribution in [2.75, 3.05) is 25.6 Å². The number of carbonyl (C=O) groups is 3. The Morgan fingerprint density at radius 1 is 1.03 bits per heavy atom. The predicted octanol–water partition coefficient (Wildman–Crippen LogP) is 1.61. The average molecular weight is 412 g/mol. The third kappa shape index (κ3) is 6.62. The van der Waals surface area contributed by atoms with Gasteiger partial charge in [0, 0.05) is 12.7 Å². The zero-order chi connectivity index (χ0) is 21.9. The summed E-state index contributed by atoms with van der Waals surface area (Å²) in [6.45, 7) is 3.92. The number of aryl methyl sites for hydroxylation is 1. The molecule has 0 bridgehead atoms. The van der Waals surface area contributed by atoms with Gasteiger partial charge in [0.25, 0.3) is 5.91 Å². The van der Waals surface area contributed by atoms with Crippen LogP contribution in [0.1, 0.15) is 18.1 Å². The van der Waals surface area contributed by atoms with Crippen LogP contribution in [-0.4, -0.2) is 44.2 Å². The van der Waals surface area contributed by atoms with Crippen molar-refractivity contribution < 1.29 is 23.9 Å². The van der Waals surface area contributed by atoms with E-state index in [-0.39, 0.29) is 12.5 Å². The highest BCUT2D eigenvalue weighted by atomic mass is 16.5. The Bertz CT molecular complexity index is 943. The molecule has 3 amide bonds. The van der Waals surface area contributed by atoms with E-state index in [9.17, 15) is 14.4 Å². The van der Waals surface area contributed by atoms with E-state index >= 15 is 0 Å². The number of hydrogen-bond donors (Lipinski definition) is 3. The summed E-state index contributed by atoms with van der Waals surface area (Å²) in [6.07, 6.45) is 1.36. The molecule has 30 heavy (non-hydrogen) atoms. The number of carbonyl (C=O) groups excluding carboxylic acids is 3. The average Bonchev–Trinajstić information content (AvgIpc) is 2.74. The lowest BCUT2D eigenvalue weighted by molar-refractivity contribution is -0.138. The second-order valence-corrected chi connectivity index (χ2v) is 6.07. The van der Waals surface area contributed by atoms with Crippen LogP contribution in [-0.2, 0) is 14.4 Å². The molecule has 0 radical (unpaired) electrons. The van der Waals surface area contributed by atoms with Gasteiger partial charge in [0.05, 0.1) is 12.8 Å². The van der Waals surface area contributed by atoms with Crippen molar-refractivity contribution >= 4 is 29.6 Å². The molecule has 0 atom stereocenters. The quantitative estimate of drug-likeness (QED) is 0.346. The van der Waals surface area contributed by atoms with Crippen LogP contribution in [0.25, 0.3) is 0 Å². The maximum atomic E-state index is 12.2. The lowest BCUT2D eigenvalue weighted by Crippen LogP contribution is -2.35. The lowest BCUT2D eigenvalue weighted by Gasteiger charge is -2.13. The summed E-state index contributed by atoms with van der Waals surface area (Å²) in [6, 6.07) is 12.4. The fourth-order valence-electron chi connectivity index (χ4n) is 2.36. The van der Waals surface area contributed by atoms with Crippen molar-refractivity contribution in [3.05, 3.63) is 53.6 Å². The summed E-state index contributed by atoms with van der Waals surface area (Å²) in [5.41, 5.74) is 4.39. The lowest BCUT2D eigenvalue weighted by atomic mass is 10.2. The maximum absolute atomic E-state index is 12.2. The van der Waals surface area contributed by atoms with E-state index in [0.29, 0.717) is 23.7 Å². The fourth-order valence-corrected chi connectivity index (χ4v) is 2.36. The summed E-state index contributed by atoms with van der Waals surface area (Å²) in [5, 5.41) is 8.72. The first-order valence-corrected chi connectivity index (χ1v) is 9.24. The number of para-hydroxylation sites is 1. The molecule has 158 valence electrons. The van der Waals surface area contributed by atoms with Crippen LogP contribution in [0.3, 0.4) is 0 Å². The van der Waals surface area contributed by atoms with Gasteiger partial charge < -0.3 is 20.1 Å². The molecule has 0 unspecified atom stereocenters. The van der Waals surface area contributed by atoms with E-state index in [4.69, 9.17) is 9.47 Å². The number of hydrogen-bond acceptors (Lipinski definition) is 6. The van der Waals surface area contributed by atoms with Crippen molar-refractivity contribution in [1.82, 2.24) is 10.7 Å².